The van der Waals surface area contributed by atoms with Crippen LogP contribution in [0.5, 0.6) is 5.88 Å². The van der Waals surface area contributed by atoms with Gasteiger partial charge in [0.15, 0.2) is 0 Å². The molecule has 0 amide bonds. The number of hydrogen-bond donors (Lipinski definition) is 1. The molecule has 0 radical (unpaired) electrons. The van der Waals surface area contributed by atoms with Crippen molar-refractivity contribution in [2.75, 3.05) is 14.1 Å². The fourth-order valence-corrected chi connectivity index (χ4v) is 1.71. The second-order valence-electron chi connectivity index (χ2n) is 3.91. The molecular weight excluding hydrogens is 202 g/mol. The Morgan fingerprint density at radius 3 is 2.69 bits per heavy atom. The van der Waals surface area contributed by atoms with E-state index in [1.807, 2.05) is 45.4 Å². The number of para-hydroxylation sites is 1. The highest BCUT2D eigenvalue weighted by Gasteiger charge is 2.11. The van der Waals surface area contributed by atoms with Crippen molar-refractivity contribution in [1.29, 1.82) is 0 Å². The summed E-state index contributed by atoms with van der Waals surface area (Å²) >= 11 is 0. The molecule has 0 bridgehead atoms. The molecule has 0 atom stereocenters. The maximum Gasteiger partial charge on any atom is 0.200 e. The molecule has 0 saturated heterocycles. The number of aryl methyl sites for hydroxylation is 1. The topological polar surface area (TPSA) is 40.8 Å². The van der Waals surface area contributed by atoms with Crippen LogP contribution in [-0.4, -0.2) is 35.0 Å². The summed E-state index contributed by atoms with van der Waals surface area (Å²) in [6.45, 7) is 0. The first-order chi connectivity index (χ1) is 7.61. The first-order valence-electron chi connectivity index (χ1n) is 5.09. The van der Waals surface area contributed by atoms with Gasteiger partial charge in [0.2, 0.25) is 5.88 Å². The molecule has 1 aromatic heterocycles. The lowest BCUT2D eigenvalue weighted by atomic mass is 10.2. The van der Waals surface area contributed by atoms with Crippen LogP contribution in [-0.2, 0) is 7.05 Å². The minimum atomic E-state index is 0.242. The number of nitrogens with zero attached hydrogens (tertiary/aromatic N) is 3. The Hall–Kier alpha value is -1.97. The van der Waals surface area contributed by atoms with Gasteiger partial charge in [-0.15, -0.1) is 0 Å². The lowest BCUT2D eigenvalue weighted by Gasteiger charge is -2.01. The van der Waals surface area contributed by atoms with Crippen LogP contribution in [0, 0.1) is 0 Å². The van der Waals surface area contributed by atoms with Crippen molar-refractivity contribution in [3.8, 4) is 5.88 Å². The van der Waals surface area contributed by atoms with Crippen LogP contribution >= 0.6 is 0 Å². The van der Waals surface area contributed by atoms with Crippen molar-refractivity contribution >= 4 is 17.1 Å². The smallest absolute Gasteiger partial charge is 0.200 e. The van der Waals surface area contributed by atoms with Crippen LogP contribution < -0.4 is 0 Å². The van der Waals surface area contributed by atoms with Crippen molar-refractivity contribution in [3.63, 3.8) is 0 Å². The quantitative estimate of drug-likeness (QED) is 0.615. The average Bonchev–Trinajstić information content (AvgIpc) is 2.50. The van der Waals surface area contributed by atoms with Gasteiger partial charge in [-0.05, 0) is 6.07 Å². The highest BCUT2D eigenvalue weighted by atomic mass is 16.3. The molecule has 84 valence electrons. The maximum atomic E-state index is 9.99. The van der Waals surface area contributed by atoms with Gasteiger partial charge in [-0.1, -0.05) is 18.2 Å². The lowest BCUT2D eigenvalue weighted by Crippen LogP contribution is -2.01. The molecule has 0 aliphatic rings. The predicted molar refractivity (Wildman–Crippen MR) is 65.9 cm³/mol. The molecule has 2 aromatic rings. The molecule has 0 spiro atoms. The summed E-state index contributed by atoms with van der Waals surface area (Å²) in [6, 6.07) is 7.86. The molecule has 0 saturated carbocycles. The van der Waals surface area contributed by atoms with Gasteiger partial charge in [-0.2, -0.15) is 5.10 Å². The van der Waals surface area contributed by atoms with E-state index in [0.29, 0.717) is 0 Å². The van der Waals surface area contributed by atoms with Gasteiger partial charge in [0, 0.05) is 26.5 Å². The molecule has 4 heteroatoms. The van der Waals surface area contributed by atoms with Gasteiger partial charge in [0.05, 0.1) is 17.3 Å². The third-order valence-electron chi connectivity index (χ3n) is 2.53. The van der Waals surface area contributed by atoms with Crippen molar-refractivity contribution in [2.24, 2.45) is 12.1 Å². The van der Waals surface area contributed by atoms with Crippen LogP contribution in [0.15, 0.2) is 29.4 Å². The SMILES string of the molecule is CN(C)N=Cc1c(O)n(C)c2ccccc12. The van der Waals surface area contributed by atoms with E-state index in [1.165, 1.54) is 0 Å². The van der Waals surface area contributed by atoms with Crippen LogP contribution in [0.3, 0.4) is 0 Å². The standard InChI is InChI=1S/C12H15N3O/c1-14(2)13-8-10-9-6-4-5-7-11(9)15(3)12(10)16/h4-8,16H,1-3H3. The Labute approximate surface area is 94.4 Å². The molecule has 0 aliphatic heterocycles. The summed E-state index contributed by atoms with van der Waals surface area (Å²) in [5.41, 5.74) is 1.76. The summed E-state index contributed by atoms with van der Waals surface area (Å²) in [4.78, 5) is 0. The average molecular weight is 217 g/mol. The lowest BCUT2D eigenvalue weighted by molar-refractivity contribution is 0.430. The Balaban J connectivity index is 2.64. The molecular formula is C12H15N3O. The van der Waals surface area contributed by atoms with E-state index in [9.17, 15) is 5.11 Å². The highest BCUT2D eigenvalue weighted by Crippen LogP contribution is 2.28. The number of hydrogen-bond acceptors (Lipinski definition) is 3. The monoisotopic (exact) mass is 217 g/mol. The van der Waals surface area contributed by atoms with Gasteiger partial charge in [0.25, 0.3) is 0 Å². The van der Waals surface area contributed by atoms with E-state index >= 15 is 0 Å². The number of hydrazone groups is 1. The highest BCUT2D eigenvalue weighted by molar-refractivity contribution is 6.02. The second kappa shape index (κ2) is 3.89. The van der Waals surface area contributed by atoms with E-state index in [1.54, 1.807) is 15.8 Å². The first kappa shape index (κ1) is 10.5. The normalized spacial score (nSPS) is 11.4. The van der Waals surface area contributed by atoms with E-state index < -0.39 is 0 Å². The molecule has 1 aromatic carbocycles. The minimum Gasteiger partial charge on any atom is -0.494 e. The zero-order chi connectivity index (χ0) is 11.7. The number of benzene rings is 1. The molecule has 0 aliphatic carbocycles. The second-order valence-corrected chi connectivity index (χ2v) is 3.91. The molecule has 0 fully saturated rings. The van der Waals surface area contributed by atoms with E-state index in [-0.39, 0.29) is 5.88 Å². The number of fused-ring (bicyclic) bond motifs is 1. The number of aromatic nitrogens is 1. The van der Waals surface area contributed by atoms with Crippen LogP contribution in [0.2, 0.25) is 0 Å². The minimum absolute atomic E-state index is 0.242. The molecule has 1 N–H and O–H groups in total. The Morgan fingerprint density at radius 2 is 2.00 bits per heavy atom. The van der Waals surface area contributed by atoms with Gasteiger partial charge in [-0.25, -0.2) is 0 Å². The van der Waals surface area contributed by atoms with E-state index in [2.05, 4.69) is 5.10 Å². The van der Waals surface area contributed by atoms with Crippen molar-refractivity contribution in [3.05, 3.63) is 29.8 Å². The fourth-order valence-electron chi connectivity index (χ4n) is 1.71. The molecule has 16 heavy (non-hydrogen) atoms. The summed E-state index contributed by atoms with van der Waals surface area (Å²) in [6.07, 6.45) is 1.68. The van der Waals surface area contributed by atoms with Crippen LogP contribution in [0.1, 0.15) is 5.56 Å². The zero-order valence-electron chi connectivity index (χ0n) is 9.68. The first-order valence-corrected chi connectivity index (χ1v) is 5.09. The third-order valence-corrected chi connectivity index (χ3v) is 2.53. The van der Waals surface area contributed by atoms with Crippen molar-refractivity contribution in [2.45, 2.75) is 0 Å². The molecule has 0 unspecified atom stereocenters. The van der Waals surface area contributed by atoms with Crippen molar-refractivity contribution < 1.29 is 5.11 Å². The molecule has 4 nitrogen and oxygen atoms in total. The molecule has 1 heterocycles. The van der Waals surface area contributed by atoms with Gasteiger partial charge in [-0.3, -0.25) is 0 Å². The van der Waals surface area contributed by atoms with E-state index in [0.717, 1.165) is 16.5 Å². The summed E-state index contributed by atoms with van der Waals surface area (Å²) in [5, 5.41) is 16.8. The fraction of sp³-hybridized carbons (Fsp3) is 0.250. The Bertz CT molecular complexity index is 540. The number of aromatic hydroxyl groups is 1. The van der Waals surface area contributed by atoms with Crippen molar-refractivity contribution in [1.82, 2.24) is 9.58 Å². The van der Waals surface area contributed by atoms with Gasteiger partial charge >= 0.3 is 0 Å². The predicted octanol–water partition coefficient (Wildman–Crippen LogP) is 1.78. The largest absolute Gasteiger partial charge is 0.494 e. The van der Waals surface area contributed by atoms with Crippen LogP contribution in [0.25, 0.3) is 10.9 Å². The van der Waals surface area contributed by atoms with Gasteiger partial charge < -0.3 is 14.7 Å². The van der Waals surface area contributed by atoms with E-state index in [4.69, 9.17) is 0 Å². The van der Waals surface area contributed by atoms with Gasteiger partial charge in [0.1, 0.15) is 0 Å². The summed E-state index contributed by atoms with van der Waals surface area (Å²) in [5.74, 6) is 0.242. The van der Waals surface area contributed by atoms with Crippen LogP contribution in [0.4, 0.5) is 0 Å². The Morgan fingerprint density at radius 1 is 1.31 bits per heavy atom. The Kier molecular flexibility index (Phi) is 2.56. The maximum absolute atomic E-state index is 9.99. The summed E-state index contributed by atoms with van der Waals surface area (Å²) < 4.78 is 1.76. The third kappa shape index (κ3) is 1.62. The summed E-state index contributed by atoms with van der Waals surface area (Å²) in [7, 11) is 5.53. The molecule has 2 rings (SSSR count). The zero-order valence-corrected chi connectivity index (χ0v) is 9.68. The number of rotatable bonds is 2.